The first-order valence-electron chi connectivity index (χ1n) is 8.00. The second kappa shape index (κ2) is 6.50. The predicted molar refractivity (Wildman–Crippen MR) is 86.3 cm³/mol. The molecule has 0 bridgehead atoms. The van der Waals surface area contributed by atoms with Crippen molar-refractivity contribution in [3.8, 4) is 0 Å². The van der Waals surface area contributed by atoms with Crippen LogP contribution in [0.3, 0.4) is 0 Å². The highest BCUT2D eigenvalue weighted by Gasteiger charge is 2.48. The average Bonchev–Trinajstić information content (AvgIpc) is 2.45. The summed E-state index contributed by atoms with van der Waals surface area (Å²) < 4.78 is 5.40. The summed E-state index contributed by atoms with van der Waals surface area (Å²) >= 11 is 0. The smallest absolute Gasteiger partial charge is 0.332 e. The van der Waals surface area contributed by atoms with Crippen LogP contribution < -0.4 is 5.32 Å². The van der Waals surface area contributed by atoms with Crippen molar-refractivity contribution in [3.63, 3.8) is 0 Å². The number of benzene rings is 1. The maximum atomic E-state index is 12.7. The van der Waals surface area contributed by atoms with E-state index in [4.69, 9.17) is 4.74 Å². The monoisotopic (exact) mass is 289 g/mol. The first-order chi connectivity index (χ1) is 9.98. The number of rotatable bonds is 4. The van der Waals surface area contributed by atoms with Crippen molar-refractivity contribution in [1.29, 1.82) is 0 Å². The van der Waals surface area contributed by atoms with Crippen molar-refractivity contribution >= 4 is 11.7 Å². The van der Waals surface area contributed by atoms with Gasteiger partial charge in [0, 0.05) is 5.69 Å². The van der Waals surface area contributed by atoms with E-state index in [1.165, 1.54) is 12.0 Å². The molecule has 1 aromatic rings. The molecule has 0 radical (unpaired) electrons. The molecule has 3 atom stereocenters. The quantitative estimate of drug-likeness (QED) is 0.846. The van der Waals surface area contributed by atoms with E-state index in [0.717, 1.165) is 18.5 Å². The molecule has 3 nitrogen and oxygen atoms in total. The number of carbonyl (C=O) groups excluding carboxylic acids is 1. The summed E-state index contributed by atoms with van der Waals surface area (Å²) in [5.74, 6) is 0.697. The maximum absolute atomic E-state index is 12.7. The number of hydrogen-bond donors (Lipinski definition) is 1. The molecule has 0 heterocycles. The van der Waals surface area contributed by atoms with Crippen LogP contribution in [-0.4, -0.2) is 18.1 Å². The van der Waals surface area contributed by atoms with Crippen LogP contribution in [0.4, 0.5) is 5.69 Å². The van der Waals surface area contributed by atoms with Gasteiger partial charge in [-0.3, -0.25) is 0 Å². The Bertz CT molecular complexity index is 482. The Hall–Kier alpha value is -1.51. The molecular weight excluding hydrogens is 262 g/mol. The van der Waals surface area contributed by atoms with E-state index in [2.05, 4.69) is 38.2 Å². The van der Waals surface area contributed by atoms with Gasteiger partial charge in [-0.25, -0.2) is 4.79 Å². The SMILES string of the molecule is CCOC(=O)C1(Nc2ccc(C)cc2)CC(C)CCC1C. The van der Waals surface area contributed by atoms with Gasteiger partial charge in [0.15, 0.2) is 0 Å². The molecule has 1 aromatic carbocycles. The van der Waals surface area contributed by atoms with Crippen LogP contribution in [0, 0.1) is 18.8 Å². The Morgan fingerprint density at radius 2 is 1.95 bits per heavy atom. The topological polar surface area (TPSA) is 38.3 Å². The van der Waals surface area contributed by atoms with E-state index in [1.54, 1.807) is 0 Å². The van der Waals surface area contributed by atoms with Crippen LogP contribution in [0.25, 0.3) is 0 Å². The fraction of sp³-hybridized carbons (Fsp3) is 0.611. The van der Waals surface area contributed by atoms with Gasteiger partial charge in [-0.2, -0.15) is 0 Å². The molecular formula is C18H27NO2. The average molecular weight is 289 g/mol. The third kappa shape index (κ3) is 3.39. The summed E-state index contributed by atoms with van der Waals surface area (Å²) in [6, 6.07) is 8.22. The van der Waals surface area contributed by atoms with Crippen LogP contribution in [0.1, 0.15) is 45.6 Å². The number of anilines is 1. The molecule has 3 unspecified atom stereocenters. The third-order valence-electron chi connectivity index (χ3n) is 4.66. The van der Waals surface area contributed by atoms with Crippen molar-refractivity contribution in [3.05, 3.63) is 29.8 Å². The lowest BCUT2D eigenvalue weighted by molar-refractivity contribution is -0.152. The normalized spacial score (nSPS) is 29.0. The lowest BCUT2D eigenvalue weighted by Crippen LogP contribution is -2.55. The van der Waals surface area contributed by atoms with Gasteiger partial charge in [0.1, 0.15) is 5.54 Å². The van der Waals surface area contributed by atoms with Crippen molar-refractivity contribution in [1.82, 2.24) is 0 Å². The molecule has 0 aliphatic heterocycles. The van der Waals surface area contributed by atoms with Gasteiger partial charge in [-0.1, -0.05) is 38.0 Å². The van der Waals surface area contributed by atoms with Crippen molar-refractivity contribution < 1.29 is 9.53 Å². The fourth-order valence-corrected chi connectivity index (χ4v) is 3.30. The zero-order valence-corrected chi connectivity index (χ0v) is 13.6. The minimum Gasteiger partial charge on any atom is -0.464 e. The van der Waals surface area contributed by atoms with Crippen LogP contribution in [0.5, 0.6) is 0 Å². The first kappa shape index (κ1) is 15.9. The number of hydrogen-bond acceptors (Lipinski definition) is 3. The molecule has 21 heavy (non-hydrogen) atoms. The second-order valence-corrected chi connectivity index (χ2v) is 6.47. The van der Waals surface area contributed by atoms with Crippen molar-refractivity contribution in [2.24, 2.45) is 11.8 Å². The van der Waals surface area contributed by atoms with E-state index in [1.807, 2.05) is 19.1 Å². The van der Waals surface area contributed by atoms with Gasteiger partial charge >= 0.3 is 5.97 Å². The van der Waals surface area contributed by atoms with E-state index in [-0.39, 0.29) is 11.9 Å². The van der Waals surface area contributed by atoms with E-state index in [0.29, 0.717) is 12.5 Å². The number of carbonyl (C=O) groups is 1. The molecule has 1 fully saturated rings. The minimum atomic E-state index is -0.594. The molecule has 0 saturated heterocycles. The first-order valence-corrected chi connectivity index (χ1v) is 8.00. The lowest BCUT2D eigenvalue weighted by atomic mass is 9.69. The summed E-state index contributed by atoms with van der Waals surface area (Å²) in [4.78, 5) is 12.7. The Morgan fingerprint density at radius 3 is 2.57 bits per heavy atom. The fourth-order valence-electron chi connectivity index (χ4n) is 3.30. The van der Waals surface area contributed by atoms with Gasteiger partial charge in [-0.05, 0) is 50.7 Å². The largest absolute Gasteiger partial charge is 0.464 e. The van der Waals surface area contributed by atoms with Gasteiger partial charge in [-0.15, -0.1) is 0 Å². The van der Waals surface area contributed by atoms with Gasteiger partial charge in [0.25, 0.3) is 0 Å². The van der Waals surface area contributed by atoms with Crippen LogP contribution in [-0.2, 0) is 9.53 Å². The summed E-state index contributed by atoms with van der Waals surface area (Å²) in [6.45, 7) is 8.74. The van der Waals surface area contributed by atoms with Crippen LogP contribution >= 0.6 is 0 Å². The van der Waals surface area contributed by atoms with E-state index >= 15 is 0 Å². The van der Waals surface area contributed by atoms with Crippen molar-refractivity contribution in [2.75, 3.05) is 11.9 Å². The molecule has 0 spiro atoms. The van der Waals surface area contributed by atoms with Gasteiger partial charge in [0.05, 0.1) is 6.61 Å². The molecule has 1 aliphatic carbocycles. The number of esters is 1. The van der Waals surface area contributed by atoms with E-state index < -0.39 is 5.54 Å². The highest BCUT2D eigenvalue weighted by molar-refractivity contribution is 5.85. The summed E-state index contributed by atoms with van der Waals surface area (Å²) in [5, 5.41) is 3.51. The van der Waals surface area contributed by atoms with Crippen molar-refractivity contribution in [2.45, 2.75) is 52.5 Å². The standard InChI is InChI=1S/C18H27NO2/c1-5-21-17(20)18(12-14(3)6-9-15(18)4)19-16-10-7-13(2)8-11-16/h7-8,10-11,14-15,19H,5-6,9,12H2,1-4H3. The zero-order chi connectivity index (χ0) is 15.5. The molecule has 116 valence electrons. The van der Waals surface area contributed by atoms with E-state index in [9.17, 15) is 4.79 Å². The summed E-state index contributed by atoms with van der Waals surface area (Å²) in [7, 11) is 0. The number of ether oxygens (including phenoxy) is 1. The van der Waals surface area contributed by atoms with Crippen LogP contribution in [0.2, 0.25) is 0 Å². The molecule has 1 saturated carbocycles. The lowest BCUT2D eigenvalue weighted by Gasteiger charge is -2.44. The molecule has 2 rings (SSSR count). The summed E-state index contributed by atoms with van der Waals surface area (Å²) in [5.41, 5.74) is 1.62. The predicted octanol–water partition coefficient (Wildman–Crippen LogP) is 4.16. The minimum absolute atomic E-state index is 0.107. The highest BCUT2D eigenvalue weighted by Crippen LogP contribution is 2.40. The van der Waals surface area contributed by atoms with Crippen LogP contribution in [0.15, 0.2) is 24.3 Å². The Morgan fingerprint density at radius 1 is 1.29 bits per heavy atom. The summed E-state index contributed by atoms with van der Waals surface area (Å²) in [6.07, 6.45) is 3.07. The second-order valence-electron chi connectivity index (χ2n) is 6.47. The maximum Gasteiger partial charge on any atom is 0.332 e. The zero-order valence-electron chi connectivity index (χ0n) is 13.6. The van der Waals surface area contributed by atoms with Gasteiger partial charge < -0.3 is 10.1 Å². The Balaban J connectivity index is 2.30. The highest BCUT2D eigenvalue weighted by atomic mass is 16.5. The number of nitrogens with one attached hydrogen (secondary N) is 1. The Labute approximate surface area is 128 Å². The molecule has 1 N–H and O–H groups in total. The number of aryl methyl sites for hydroxylation is 1. The Kier molecular flexibility index (Phi) is 4.92. The molecule has 3 heteroatoms. The molecule has 0 aromatic heterocycles. The third-order valence-corrected chi connectivity index (χ3v) is 4.66. The molecule has 0 amide bonds. The van der Waals surface area contributed by atoms with Gasteiger partial charge in [0.2, 0.25) is 0 Å². The molecule has 1 aliphatic rings.